The molecule has 134 valence electrons. The molecular formula is C20H28F2O2. The lowest BCUT2D eigenvalue weighted by Gasteiger charge is -2.42. The predicted octanol–water partition coefficient (Wildman–Crippen LogP) is 5.41. The Bertz CT molecular complexity index is 524. The molecule has 0 radical (unpaired) electrons. The van der Waals surface area contributed by atoms with E-state index in [2.05, 4.69) is 6.92 Å². The van der Waals surface area contributed by atoms with Gasteiger partial charge in [0.1, 0.15) is 11.6 Å². The first-order valence-corrected chi connectivity index (χ1v) is 9.24. The summed E-state index contributed by atoms with van der Waals surface area (Å²) in [6.07, 6.45) is 7.71. The maximum Gasteiger partial charge on any atom is 0.192 e. The van der Waals surface area contributed by atoms with Crippen LogP contribution in [0.15, 0.2) is 18.2 Å². The van der Waals surface area contributed by atoms with Crippen molar-refractivity contribution in [3.8, 4) is 0 Å². The first-order chi connectivity index (χ1) is 11.5. The third-order valence-corrected chi connectivity index (χ3v) is 5.79. The van der Waals surface area contributed by atoms with Gasteiger partial charge in [-0.2, -0.15) is 0 Å². The minimum absolute atomic E-state index is 0.388. The Balaban J connectivity index is 1.57. The van der Waals surface area contributed by atoms with Crippen molar-refractivity contribution >= 4 is 0 Å². The van der Waals surface area contributed by atoms with E-state index in [0.717, 1.165) is 12.0 Å². The average molecular weight is 338 g/mol. The van der Waals surface area contributed by atoms with Crippen LogP contribution in [-0.4, -0.2) is 13.2 Å². The van der Waals surface area contributed by atoms with Gasteiger partial charge < -0.3 is 9.47 Å². The van der Waals surface area contributed by atoms with E-state index < -0.39 is 17.4 Å². The lowest BCUT2D eigenvalue weighted by Crippen LogP contribution is -2.42. The molecule has 0 atom stereocenters. The Morgan fingerprint density at radius 2 is 1.54 bits per heavy atom. The number of benzene rings is 1. The van der Waals surface area contributed by atoms with Gasteiger partial charge in [-0.05, 0) is 43.7 Å². The predicted molar refractivity (Wildman–Crippen MR) is 89.5 cm³/mol. The van der Waals surface area contributed by atoms with Crippen molar-refractivity contribution in [2.45, 2.75) is 58.2 Å². The third kappa shape index (κ3) is 3.97. The van der Waals surface area contributed by atoms with Crippen molar-refractivity contribution in [3.05, 3.63) is 35.4 Å². The summed E-state index contributed by atoms with van der Waals surface area (Å²) in [5.74, 6) is -0.341. The Morgan fingerprint density at radius 1 is 0.958 bits per heavy atom. The summed E-state index contributed by atoms with van der Waals surface area (Å²) in [7, 11) is 0. The first kappa shape index (κ1) is 17.8. The van der Waals surface area contributed by atoms with Crippen LogP contribution in [0.5, 0.6) is 0 Å². The molecule has 1 heterocycles. The summed E-state index contributed by atoms with van der Waals surface area (Å²) in [4.78, 5) is 0. The summed E-state index contributed by atoms with van der Waals surface area (Å²) < 4.78 is 38.8. The van der Waals surface area contributed by atoms with Crippen molar-refractivity contribution in [2.75, 3.05) is 13.2 Å². The van der Waals surface area contributed by atoms with Crippen molar-refractivity contribution in [3.63, 3.8) is 0 Å². The monoisotopic (exact) mass is 338 g/mol. The van der Waals surface area contributed by atoms with Crippen LogP contribution in [0.4, 0.5) is 8.78 Å². The van der Waals surface area contributed by atoms with Crippen LogP contribution in [0.2, 0.25) is 0 Å². The first-order valence-electron chi connectivity index (χ1n) is 9.24. The molecule has 0 aromatic heterocycles. The lowest BCUT2D eigenvalue weighted by atomic mass is 9.75. The smallest absolute Gasteiger partial charge is 0.192 e. The molecule has 0 bridgehead atoms. The van der Waals surface area contributed by atoms with Gasteiger partial charge in [-0.1, -0.05) is 32.6 Å². The second-order valence-corrected chi connectivity index (χ2v) is 7.56. The van der Waals surface area contributed by atoms with E-state index in [1.54, 1.807) is 6.92 Å². The quantitative estimate of drug-likeness (QED) is 0.731. The minimum Gasteiger partial charge on any atom is -0.346 e. The van der Waals surface area contributed by atoms with Crippen molar-refractivity contribution in [2.24, 2.45) is 17.8 Å². The van der Waals surface area contributed by atoms with E-state index in [9.17, 15) is 8.78 Å². The van der Waals surface area contributed by atoms with Crippen LogP contribution in [0.25, 0.3) is 0 Å². The fraction of sp³-hybridized carbons (Fsp3) is 0.700. The summed E-state index contributed by atoms with van der Waals surface area (Å²) in [6.45, 7) is 5.19. The molecule has 4 heteroatoms. The SMILES string of the molecule is CCCC1CCC(C2COC(C)(c3cc(F)cc(F)c3)OC2)CC1. The fourth-order valence-electron chi connectivity index (χ4n) is 4.23. The van der Waals surface area contributed by atoms with Gasteiger partial charge in [-0.15, -0.1) is 0 Å². The summed E-state index contributed by atoms with van der Waals surface area (Å²) in [5, 5.41) is 0. The molecule has 2 aliphatic rings. The summed E-state index contributed by atoms with van der Waals surface area (Å²) >= 11 is 0. The Hall–Kier alpha value is -1.00. The van der Waals surface area contributed by atoms with E-state index in [4.69, 9.17) is 9.47 Å². The molecule has 1 saturated heterocycles. The standard InChI is InChI=1S/C20H28F2O2/c1-3-4-14-5-7-15(8-6-14)16-12-23-20(2,24-13-16)17-9-18(21)11-19(22)10-17/h9-11,14-16H,3-8,12-13H2,1-2H3. The molecular weight excluding hydrogens is 310 g/mol. The zero-order valence-electron chi connectivity index (χ0n) is 14.7. The third-order valence-electron chi connectivity index (χ3n) is 5.79. The highest BCUT2D eigenvalue weighted by Gasteiger charge is 2.38. The second-order valence-electron chi connectivity index (χ2n) is 7.56. The molecule has 1 aliphatic heterocycles. The highest BCUT2D eigenvalue weighted by molar-refractivity contribution is 5.22. The lowest BCUT2D eigenvalue weighted by molar-refractivity contribution is -0.288. The molecule has 24 heavy (non-hydrogen) atoms. The average Bonchev–Trinajstić information content (AvgIpc) is 2.56. The molecule has 1 aromatic rings. The van der Waals surface area contributed by atoms with Crippen LogP contribution >= 0.6 is 0 Å². The molecule has 1 aliphatic carbocycles. The van der Waals surface area contributed by atoms with Gasteiger partial charge in [0.05, 0.1) is 13.2 Å². The normalized spacial score (nSPS) is 34.2. The van der Waals surface area contributed by atoms with Gasteiger partial charge in [-0.3, -0.25) is 0 Å². The van der Waals surface area contributed by atoms with Gasteiger partial charge in [0, 0.05) is 17.5 Å². The minimum atomic E-state index is -1.06. The van der Waals surface area contributed by atoms with Crippen molar-refractivity contribution in [1.82, 2.24) is 0 Å². The van der Waals surface area contributed by atoms with Gasteiger partial charge >= 0.3 is 0 Å². The maximum absolute atomic E-state index is 13.5. The van der Waals surface area contributed by atoms with Crippen LogP contribution < -0.4 is 0 Å². The molecule has 1 aromatic carbocycles. The van der Waals surface area contributed by atoms with Gasteiger partial charge in [0.25, 0.3) is 0 Å². The molecule has 2 fully saturated rings. The van der Waals surface area contributed by atoms with E-state index in [0.29, 0.717) is 30.6 Å². The van der Waals surface area contributed by atoms with E-state index in [-0.39, 0.29) is 0 Å². The van der Waals surface area contributed by atoms with Crippen LogP contribution in [-0.2, 0) is 15.3 Å². The highest BCUT2D eigenvalue weighted by atomic mass is 19.1. The van der Waals surface area contributed by atoms with Crippen LogP contribution in [0.1, 0.15) is 57.9 Å². The van der Waals surface area contributed by atoms with Crippen LogP contribution in [0, 0.1) is 29.4 Å². The summed E-state index contributed by atoms with van der Waals surface area (Å²) in [6, 6.07) is 3.45. The maximum atomic E-state index is 13.5. The van der Waals surface area contributed by atoms with Gasteiger partial charge in [0.15, 0.2) is 5.79 Å². The Kier molecular flexibility index (Phi) is 5.56. The largest absolute Gasteiger partial charge is 0.346 e. The van der Waals surface area contributed by atoms with Crippen molar-refractivity contribution < 1.29 is 18.3 Å². The number of rotatable bonds is 4. The fourth-order valence-corrected chi connectivity index (χ4v) is 4.23. The van der Waals surface area contributed by atoms with Crippen LogP contribution in [0.3, 0.4) is 0 Å². The highest BCUT2D eigenvalue weighted by Crippen LogP contribution is 2.40. The zero-order chi connectivity index (χ0) is 17.2. The van der Waals surface area contributed by atoms with E-state index in [1.165, 1.54) is 50.7 Å². The Morgan fingerprint density at radius 3 is 2.08 bits per heavy atom. The van der Waals surface area contributed by atoms with Gasteiger partial charge in [-0.25, -0.2) is 8.78 Å². The molecule has 0 N–H and O–H groups in total. The molecule has 2 nitrogen and oxygen atoms in total. The van der Waals surface area contributed by atoms with Crippen molar-refractivity contribution in [1.29, 1.82) is 0 Å². The Labute approximate surface area is 143 Å². The van der Waals surface area contributed by atoms with E-state index in [1.807, 2.05) is 0 Å². The molecule has 0 spiro atoms. The number of hydrogen-bond acceptors (Lipinski definition) is 2. The molecule has 0 amide bonds. The second kappa shape index (κ2) is 7.49. The summed E-state index contributed by atoms with van der Waals surface area (Å²) in [5.41, 5.74) is 0.408. The number of ether oxygens (including phenoxy) is 2. The molecule has 1 saturated carbocycles. The number of hydrogen-bond donors (Lipinski definition) is 0. The number of halogens is 2. The van der Waals surface area contributed by atoms with Gasteiger partial charge in [0.2, 0.25) is 0 Å². The molecule has 0 unspecified atom stereocenters. The zero-order valence-corrected chi connectivity index (χ0v) is 14.7. The molecule has 3 rings (SSSR count). The van der Waals surface area contributed by atoms with E-state index >= 15 is 0 Å². The topological polar surface area (TPSA) is 18.5 Å².